The van der Waals surface area contributed by atoms with Gasteiger partial charge < -0.3 is 24.6 Å². The van der Waals surface area contributed by atoms with Gasteiger partial charge in [0.2, 0.25) is 0 Å². The Bertz CT molecular complexity index is 425. The van der Waals surface area contributed by atoms with Crippen LogP contribution in [0.2, 0.25) is 0 Å². The van der Waals surface area contributed by atoms with Gasteiger partial charge >= 0.3 is 41.5 Å². The maximum absolute atomic E-state index is 10.5. The van der Waals surface area contributed by atoms with Gasteiger partial charge in [-0.3, -0.25) is 9.59 Å². The van der Waals surface area contributed by atoms with Crippen molar-refractivity contribution in [2.45, 2.75) is 51.6 Å². The van der Waals surface area contributed by atoms with E-state index in [2.05, 4.69) is 11.7 Å². The maximum atomic E-state index is 10.5. The summed E-state index contributed by atoms with van der Waals surface area (Å²) in [5.41, 5.74) is 0. The van der Waals surface area contributed by atoms with Gasteiger partial charge in [0.05, 0.1) is 6.61 Å². The fourth-order valence-electron chi connectivity index (χ4n) is 1.31. The number of aliphatic hydroxyl groups excluding tert-OH is 2. The Morgan fingerprint density at radius 3 is 2.12 bits per heavy atom. The van der Waals surface area contributed by atoms with E-state index in [1.165, 1.54) is 19.3 Å². The Kier molecular flexibility index (Phi) is 20.9. The molecule has 0 aliphatic heterocycles. The summed E-state index contributed by atoms with van der Waals surface area (Å²) in [6.45, 7) is 0.999. The van der Waals surface area contributed by atoms with Gasteiger partial charge in [-0.25, -0.2) is 8.42 Å². The van der Waals surface area contributed by atoms with E-state index in [0.717, 1.165) is 12.8 Å². The topological polar surface area (TPSA) is 161 Å². The zero-order valence-corrected chi connectivity index (χ0v) is 17.0. The van der Waals surface area contributed by atoms with Crippen molar-refractivity contribution < 1.29 is 72.2 Å². The van der Waals surface area contributed by atoms with Crippen LogP contribution in [-0.4, -0.2) is 65.3 Å². The Balaban J connectivity index is -0.000000364. The molecule has 3 N–H and O–H groups in total. The van der Waals surface area contributed by atoms with Crippen LogP contribution in [0.1, 0.15) is 45.4 Å². The van der Waals surface area contributed by atoms with Gasteiger partial charge in [0.25, 0.3) is 0 Å². The number of carboxylic acids is 1. The molecule has 0 saturated heterocycles. The number of rotatable bonds is 11. The Morgan fingerprint density at radius 1 is 1.17 bits per heavy atom. The van der Waals surface area contributed by atoms with Crippen molar-refractivity contribution in [1.82, 2.24) is 0 Å². The standard InChI is InChI=1S/C8H16O2.C5H10O7S.Na/c1-2-3-4-5-6-7-8(9)10;6-1-4(7)2-12-5(8)3-13(9,10)11;/h2-7H2,1H3,(H,9,10);4,6-7H,1-3H2,(H,9,10,11);/q;;+1/p-1. The molecule has 0 radical (unpaired) electrons. The molecule has 0 aliphatic carbocycles. The van der Waals surface area contributed by atoms with E-state index in [1.807, 2.05) is 0 Å². The average molecular weight is 380 g/mol. The van der Waals surface area contributed by atoms with E-state index in [9.17, 15) is 22.6 Å². The van der Waals surface area contributed by atoms with E-state index in [0.29, 0.717) is 6.42 Å². The predicted octanol–water partition coefficient (Wildman–Crippen LogP) is -3.14. The molecule has 0 aliphatic rings. The fraction of sp³-hybridized carbons (Fsp3) is 0.846. The predicted molar refractivity (Wildman–Crippen MR) is 79.6 cm³/mol. The molecule has 1 unspecified atom stereocenters. The number of carboxylic acid groups (broad SMARTS) is 1. The minimum atomic E-state index is -4.65. The molecule has 0 spiro atoms. The summed E-state index contributed by atoms with van der Waals surface area (Å²) >= 11 is 0. The number of unbranched alkanes of at least 4 members (excludes halogenated alkanes) is 4. The molecular formula is C13H25NaO9S. The van der Waals surface area contributed by atoms with Gasteiger partial charge in [0.15, 0.2) is 0 Å². The molecule has 0 aromatic rings. The van der Waals surface area contributed by atoms with Crippen LogP contribution in [0.4, 0.5) is 0 Å². The summed E-state index contributed by atoms with van der Waals surface area (Å²) in [5.74, 6) is -3.19. The summed E-state index contributed by atoms with van der Waals surface area (Å²) in [5, 5.41) is 25.2. The second kappa shape index (κ2) is 17.6. The number of carbonyl (C=O) groups excluding carboxylic acids is 1. The second-order valence-corrected chi connectivity index (χ2v) is 6.18. The van der Waals surface area contributed by atoms with Crippen LogP contribution in [0.25, 0.3) is 0 Å². The van der Waals surface area contributed by atoms with Gasteiger partial charge in [0.1, 0.15) is 28.6 Å². The molecule has 138 valence electrons. The molecule has 0 bridgehead atoms. The first-order valence-corrected chi connectivity index (χ1v) is 8.80. The quantitative estimate of drug-likeness (QED) is 0.146. The number of hydrogen-bond acceptors (Lipinski definition) is 8. The Labute approximate surface area is 164 Å². The SMILES string of the molecule is CCCCCCCC(=O)O.O=C(CS(=O)(=O)[O-])OCC(O)CO.[Na+]. The fourth-order valence-corrected chi connectivity index (χ4v) is 1.68. The zero-order valence-electron chi connectivity index (χ0n) is 14.1. The third-order valence-corrected chi connectivity index (χ3v) is 3.03. The van der Waals surface area contributed by atoms with Crippen LogP contribution in [0.3, 0.4) is 0 Å². The minimum Gasteiger partial charge on any atom is -0.748 e. The molecule has 24 heavy (non-hydrogen) atoms. The van der Waals surface area contributed by atoms with Crippen molar-refractivity contribution in [2.24, 2.45) is 0 Å². The monoisotopic (exact) mass is 380 g/mol. The van der Waals surface area contributed by atoms with Crippen molar-refractivity contribution in [1.29, 1.82) is 0 Å². The van der Waals surface area contributed by atoms with Crippen LogP contribution >= 0.6 is 0 Å². The van der Waals surface area contributed by atoms with E-state index in [-0.39, 0.29) is 29.6 Å². The summed E-state index contributed by atoms with van der Waals surface area (Å²) in [6.07, 6.45) is 4.62. The summed E-state index contributed by atoms with van der Waals surface area (Å²) in [4.78, 5) is 20.5. The molecule has 0 heterocycles. The first-order valence-electron chi connectivity index (χ1n) is 7.22. The Morgan fingerprint density at radius 2 is 1.71 bits per heavy atom. The van der Waals surface area contributed by atoms with Crippen LogP contribution in [0, 0.1) is 0 Å². The third-order valence-electron chi connectivity index (χ3n) is 2.44. The first kappa shape index (κ1) is 28.6. The molecule has 11 heteroatoms. The van der Waals surface area contributed by atoms with Crippen molar-refractivity contribution in [3.63, 3.8) is 0 Å². The second-order valence-electron chi connectivity index (χ2n) is 4.78. The number of aliphatic hydroxyl groups is 2. The van der Waals surface area contributed by atoms with Crippen LogP contribution in [0.15, 0.2) is 0 Å². The number of esters is 1. The minimum absolute atomic E-state index is 0. The first-order chi connectivity index (χ1) is 10.6. The van der Waals surface area contributed by atoms with Crippen molar-refractivity contribution >= 4 is 22.1 Å². The summed E-state index contributed by atoms with van der Waals surface area (Å²) < 4.78 is 34.1. The van der Waals surface area contributed by atoms with Gasteiger partial charge in [-0.2, -0.15) is 0 Å². The zero-order chi connectivity index (χ0) is 18.3. The van der Waals surface area contributed by atoms with E-state index in [4.69, 9.17) is 15.3 Å². The maximum Gasteiger partial charge on any atom is 1.00 e. The van der Waals surface area contributed by atoms with Gasteiger partial charge in [-0.1, -0.05) is 32.6 Å². The molecule has 1 atom stereocenters. The van der Waals surface area contributed by atoms with E-state index in [1.54, 1.807) is 0 Å². The average Bonchev–Trinajstić information content (AvgIpc) is 2.43. The third kappa shape index (κ3) is 26.7. The van der Waals surface area contributed by atoms with Crippen LogP contribution in [0.5, 0.6) is 0 Å². The normalized spacial score (nSPS) is 11.5. The van der Waals surface area contributed by atoms with E-state index >= 15 is 0 Å². The molecule has 0 amide bonds. The molecule has 0 rings (SSSR count). The number of carbonyl (C=O) groups is 2. The Hall–Kier alpha value is -0.230. The molecular weight excluding hydrogens is 355 g/mol. The number of hydrogen-bond donors (Lipinski definition) is 3. The molecule has 0 aromatic carbocycles. The molecule has 9 nitrogen and oxygen atoms in total. The molecule has 0 fully saturated rings. The smallest absolute Gasteiger partial charge is 0.748 e. The van der Waals surface area contributed by atoms with Crippen molar-refractivity contribution in [3.05, 3.63) is 0 Å². The molecule has 0 saturated carbocycles. The van der Waals surface area contributed by atoms with Crippen LogP contribution < -0.4 is 29.6 Å². The number of ether oxygens (including phenoxy) is 1. The molecule has 0 aromatic heterocycles. The van der Waals surface area contributed by atoms with Gasteiger partial charge in [-0.05, 0) is 6.42 Å². The van der Waals surface area contributed by atoms with Crippen molar-refractivity contribution in [2.75, 3.05) is 19.0 Å². The summed E-state index contributed by atoms with van der Waals surface area (Å²) in [6, 6.07) is 0. The van der Waals surface area contributed by atoms with E-state index < -0.39 is 47.1 Å². The number of aliphatic carboxylic acids is 1. The van der Waals surface area contributed by atoms with Gasteiger partial charge in [-0.15, -0.1) is 0 Å². The van der Waals surface area contributed by atoms with Crippen molar-refractivity contribution in [3.8, 4) is 0 Å². The van der Waals surface area contributed by atoms with Gasteiger partial charge in [0, 0.05) is 6.42 Å². The summed E-state index contributed by atoms with van der Waals surface area (Å²) in [7, 11) is -4.65. The van der Waals surface area contributed by atoms with Crippen LogP contribution in [-0.2, 0) is 24.4 Å². The largest absolute Gasteiger partial charge is 1.00 e.